The van der Waals surface area contributed by atoms with Gasteiger partial charge in [-0.05, 0) is 34.0 Å². The molecule has 0 aliphatic heterocycles. The van der Waals surface area contributed by atoms with Gasteiger partial charge < -0.3 is 5.73 Å². The van der Waals surface area contributed by atoms with Crippen LogP contribution in [0.3, 0.4) is 0 Å². The summed E-state index contributed by atoms with van der Waals surface area (Å²) in [5.74, 6) is 0. The predicted molar refractivity (Wildman–Crippen MR) is 92.8 cm³/mol. The number of aromatic nitrogens is 2. The molecule has 0 aliphatic rings. The Morgan fingerprint density at radius 2 is 2.19 bits per heavy atom. The Bertz CT molecular complexity index is 782. The largest absolute Gasteiger partial charge is 0.375 e. The zero-order valence-electron chi connectivity index (χ0n) is 11.8. The molecular weight excluding hydrogens is 346 g/mol. The number of fused-ring (bicyclic) bond motifs is 1. The van der Waals surface area contributed by atoms with Crippen LogP contribution in [0.25, 0.3) is 10.9 Å². The molecule has 3 nitrogen and oxygen atoms in total. The number of nitrogens with two attached hydrogens (primary N) is 1. The highest BCUT2D eigenvalue weighted by Crippen LogP contribution is 2.28. The Balaban J connectivity index is 2.02. The number of hydrogen-bond acceptors (Lipinski definition) is 4. The second-order valence-corrected chi connectivity index (χ2v) is 7.02. The second-order valence-electron chi connectivity index (χ2n) is 4.99. The van der Waals surface area contributed by atoms with Crippen molar-refractivity contribution in [1.82, 2.24) is 9.97 Å². The normalized spacial score (nSPS) is 11.1. The summed E-state index contributed by atoms with van der Waals surface area (Å²) in [4.78, 5) is 10.3. The van der Waals surface area contributed by atoms with Crippen LogP contribution in [-0.4, -0.2) is 9.97 Å². The molecule has 1 aromatic carbocycles. The van der Waals surface area contributed by atoms with Gasteiger partial charge in [0.05, 0.1) is 11.2 Å². The maximum Gasteiger partial charge on any atom is 0.180 e. The van der Waals surface area contributed by atoms with Gasteiger partial charge in [-0.3, -0.25) is 4.98 Å². The minimum absolute atomic E-state index is 0.657. The first-order chi connectivity index (χ1) is 10.2. The van der Waals surface area contributed by atoms with E-state index in [0.717, 1.165) is 40.3 Å². The summed E-state index contributed by atoms with van der Waals surface area (Å²) < 4.78 is 1.00. The van der Waals surface area contributed by atoms with Gasteiger partial charge in [0.2, 0.25) is 0 Å². The number of hydrogen-bond donors (Lipinski definition) is 1. The minimum Gasteiger partial charge on any atom is -0.375 e. The van der Waals surface area contributed by atoms with Crippen molar-refractivity contribution in [2.45, 2.75) is 26.2 Å². The van der Waals surface area contributed by atoms with Crippen LogP contribution >= 0.6 is 27.3 Å². The lowest BCUT2D eigenvalue weighted by atomic mass is 10.0. The fourth-order valence-electron chi connectivity index (χ4n) is 2.49. The van der Waals surface area contributed by atoms with Gasteiger partial charge in [-0.1, -0.05) is 31.5 Å². The SMILES string of the molecule is CCCc1nc(N)sc1Cc1cccc2cc(Br)cnc12. The standard InChI is InChI=1S/C16H16BrN3S/c1-2-4-13-14(21-16(18)20-13)8-11-6-3-5-10-7-12(17)9-19-15(10)11/h3,5-7,9H,2,4,8H2,1H3,(H2,18,20). The van der Waals surface area contributed by atoms with Crippen molar-refractivity contribution in [2.75, 3.05) is 5.73 Å². The highest BCUT2D eigenvalue weighted by atomic mass is 79.9. The predicted octanol–water partition coefficient (Wildman–Crippen LogP) is 4.58. The number of aryl methyl sites for hydroxylation is 1. The van der Waals surface area contributed by atoms with Crippen molar-refractivity contribution in [1.29, 1.82) is 0 Å². The van der Waals surface area contributed by atoms with E-state index in [9.17, 15) is 0 Å². The van der Waals surface area contributed by atoms with Crippen LogP contribution in [0.4, 0.5) is 5.13 Å². The van der Waals surface area contributed by atoms with Crippen LogP contribution in [0.15, 0.2) is 34.9 Å². The first-order valence-electron chi connectivity index (χ1n) is 6.94. The average Bonchev–Trinajstić information content (AvgIpc) is 2.79. The fourth-order valence-corrected chi connectivity index (χ4v) is 3.74. The smallest absolute Gasteiger partial charge is 0.180 e. The highest BCUT2D eigenvalue weighted by Gasteiger charge is 2.12. The third kappa shape index (κ3) is 3.09. The molecule has 0 bridgehead atoms. The zero-order chi connectivity index (χ0) is 14.8. The quantitative estimate of drug-likeness (QED) is 0.739. The molecule has 0 fully saturated rings. The lowest BCUT2D eigenvalue weighted by molar-refractivity contribution is 0.880. The molecule has 2 aromatic heterocycles. The maximum atomic E-state index is 5.88. The summed E-state index contributed by atoms with van der Waals surface area (Å²) in [6, 6.07) is 8.40. The van der Waals surface area contributed by atoms with Crippen molar-refractivity contribution < 1.29 is 0 Å². The van der Waals surface area contributed by atoms with Crippen LogP contribution in [0, 0.1) is 0 Å². The van der Waals surface area contributed by atoms with Gasteiger partial charge in [-0.2, -0.15) is 0 Å². The maximum absolute atomic E-state index is 5.88. The third-order valence-corrected chi connectivity index (χ3v) is 4.75. The molecule has 3 rings (SSSR count). The van der Waals surface area contributed by atoms with Crippen molar-refractivity contribution in [2.24, 2.45) is 0 Å². The topological polar surface area (TPSA) is 51.8 Å². The first kappa shape index (κ1) is 14.5. The van der Waals surface area contributed by atoms with Gasteiger partial charge in [-0.15, -0.1) is 11.3 Å². The number of benzene rings is 1. The molecule has 0 atom stereocenters. The van der Waals surface area contributed by atoms with Crippen LogP contribution in [0.1, 0.15) is 29.5 Å². The van der Waals surface area contributed by atoms with E-state index in [-0.39, 0.29) is 0 Å². The van der Waals surface area contributed by atoms with E-state index in [2.05, 4.69) is 57.1 Å². The van der Waals surface area contributed by atoms with Gasteiger partial charge in [0.25, 0.3) is 0 Å². The van der Waals surface area contributed by atoms with E-state index in [1.807, 2.05) is 6.20 Å². The van der Waals surface area contributed by atoms with Crippen LogP contribution in [-0.2, 0) is 12.8 Å². The number of pyridine rings is 1. The second kappa shape index (κ2) is 6.12. The molecule has 0 amide bonds. The van der Waals surface area contributed by atoms with E-state index in [1.54, 1.807) is 11.3 Å². The Hall–Kier alpha value is -1.46. The lowest BCUT2D eigenvalue weighted by Gasteiger charge is -2.06. The number of thiazole rings is 1. The summed E-state index contributed by atoms with van der Waals surface area (Å²) in [6.07, 6.45) is 4.75. The number of nitrogen functional groups attached to an aromatic ring is 1. The van der Waals surface area contributed by atoms with Crippen LogP contribution in [0.2, 0.25) is 0 Å². The van der Waals surface area contributed by atoms with Gasteiger partial charge in [0, 0.05) is 27.4 Å². The number of nitrogens with zero attached hydrogens (tertiary/aromatic N) is 2. The Morgan fingerprint density at radius 3 is 3.00 bits per heavy atom. The van der Waals surface area contributed by atoms with Crippen molar-refractivity contribution >= 4 is 43.3 Å². The van der Waals surface area contributed by atoms with E-state index in [0.29, 0.717) is 5.13 Å². The fraction of sp³-hybridized carbons (Fsp3) is 0.250. The average molecular weight is 362 g/mol. The Morgan fingerprint density at radius 1 is 1.33 bits per heavy atom. The van der Waals surface area contributed by atoms with Gasteiger partial charge in [0.1, 0.15) is 0 Å². The Labute approximate surface area is 136 Å². The molecule has 21 heavy (non-hydrogen) atoms. The third-order valence-electron chi connectivity index (χ3n) is 3.39. The van der Waals surface area contributed by atoms with Crippen molar-refractivity contribution in [3.05, 3.63) is 51.1 Å². The minimum atomic E-state index is 0.657. The first-order valence-corrected chi connectivity index (χ1v) is 8.55. The van der Waals surface area contributed by atoms with Crippen LogP contribution < -0.4 is 5.73 Å². The molecule has 0 unspecified atom stereocenters. The molecule has 2 heterocycles. The molecule has 0 saturated carbocycles. The monoisotopic (exact) mass is 361 g/mol. The summed E-state index contributed by atoms with van der Waals surface area (Å²) >= 11 is 5.06. The molecule has 0 spiro atoms. The molecule has 0 saturated heterocycles. The zero-order valence-corrected chi connectivity index (χ0v) is 14.2. The molecular formula is C16H16BrN3S. The number of anilines is 1. The van der Waals surface area contributed by atoms with Crippen molar-refractivity contribution in [3.8, 4) is 0 Å². The van der Waals surface area contributed by atoms with Crippen molar-refractivity contribution in [3.63, 3.8) is 0 Å². The highest BCUT2D eigenvalue weighted by molar-refractivity contribution is 9.10. The van der Waals surface area contributed by atoms with E-state index in [1.165, 1.54) is 10.4 Å². The van der Waals surface area contributed by atoms with E-state index in [4.69, 9.17) is 5.73 Å². The molecule has 0 radical (unpaired) electrons. The van der Waals surface area contributed by atoms with E-state index >= 15 is 0 Å². The molecule has 3 aromatic rings. The number of para-hydroxylation sites is 1. The van der Waals surface area contributed by atoms with Crippen LogP contribution in [0.5, 0.6) is 0 Å². The summed E-state index contributed by atoms with van der Waals surface area (Å²) in [5, 5.41) is 1.81. The number of halogens is 1. The van der Waals surface area contributed by atoms with Gasteiger partial charge >= 0.3 is 0 Å². The van der Waals surface area contributed by atoms with Gasteiger partial charge in [-0.25, -0.2) is 4.98 Å². The van der Waals surface area contributed by atoms with Gasteiger partial charge in [0.15, 0.2) is 5.13 Å². The van der Waals surface area contributed by atoms with E-state index < -0.39 is 0 Å². The summed E-state index contributed by atoms with van der Waals surface area (Å²) in [6.45, 7) is 2.16. The lowest BCUT2D eigenvalue weighted by Crippen LogP contribution is -1.95. The Kier molecular flexibility index (Phi) is 4.22. The molecule has 5 heteroatoms. The summed E-state index contributed by atoms with van der Waals surface area (Å²) in [7, 11) is 0. The summed E-state index contributed by atoms with van der Waals surface area (Å²) in [5.41, 5.74) is 9.29. The molecule has 0 aliphatic carbocycles. The molecule has 2 N–H and O–H groups in total. The number of rotatable bonds is 4. The molecule has 108 valence electrons.